The van der Waals surface area contributed by atoms with E-state index in [0.717, 1.165) is 20.6 Å². The third kappa shape index (κ3) is 3.64. The molecule has 0 aliphatic carbocycles. The standard InChI is InChI=1S/C14H15Cl2N5S2/c1-7(2)11(17)12-18-19-13-21(12)20-14(23-13)22-6-8-3-4-9(15)10(16)5-8/h3-5,7,11H,6,17H2,1-2H3. The maximum Gasteiger partial charge on any atom is 0.235 e. The maximum atomic E-state index is 6.16. The lowest BCUT2D eigenvalue weighted by Crippen LogP contribution is -2.20. The highest BCUT2D eigenvalue weighted by molar-refractivity contribution is 8.00. The summed E-state index contributed by atoms with van der Waals surface area (Å²) in [6, 6.07) is 5.46. The Morgan fingerprint density at radius 3 is 2.74 bits per heavy atom. The Balaban J connectivity index is 1.77. The van der Waals surface area contributed by atoms with Crippen molar-refractivity contribution in [2.24, 2.45) is 11.7 Å². The van der Waals surface area contributed by atoms with Gasteiger partial charge in [0, 0.05) is 5.75 Å². The fourth-order valence-corrected chi connectivity index (χ4v) is 4.10. The van der Waals surface area contributed by atoms with Gasteiger partial charge in [0.1, 0.15) is 0 Å². The van der Waals surface area contributed by atoms with Crippen molar-refractivity contribution in [2.75, 3.05) is 0 Å². The fraction of sp³-hybridized carbons (Fsp3) is 0.357. The Kier molecular flexibility index (Phi) is 5.13. The van der Waals surface area contributed by atoms with E-state index in [1.165, 1.54) is 11.3 Å². The van der Waals surface area contributed by atoms with E-state index < -0.39 is 0 Å². The van der Waals surface area contributed by atoms with E-state index in [4.69, 9.17) is 28.9 Å². The molecule has 5 nitrogen and oxygen atoms in total. The quantitative estimate of drug-likeness (QED) is 0.655. The van der Waals surface area contributed by atoms with Crippen LogP contribution < -0.4 is 5.73 Å². The Morgan fingerprint density at radius 1 is 1.26 bits per heavy atom. The summed E-state index contributed by atoms with van der Waals surface area (Å²) in [4.78, 5) is 0.757. The Labute approximate surface area is 152 Å². The van der Waals surface area contributed by atoms with Gasteiger partial charge in [-0.15, -0.1) is 15.3 Å². The van der Waals surface area contributed by atoms with Gasteiger partial charge in [0.15, 0.2) is 10.2 Å². The minimum atomic E-state index is -0.181. The van der Waals surface area contributed by atoms with E-state index in [1.807, 2.05) is 12.1 Å². The molecule has 0 saturated carbocycles. The molecule has 23 heavy (non-hydrogen) atoms. The molecule has 0 aliphatic rings. The zero-order chi connectivity index (χ0) is 16.6. The summed E-state index contributed by atoms with van der Waals surface area (Å²) >= 11 is 15.1. The third-order valence-electron chi connectivity index (χ3n) is 3.36. The summed E-state index contributed by atoms with van der Waals surface area (Å²) in [6.07, 6.45) is 0. The molecular formula is C14H15Cl2N5S2. The predicted octanol–water partition coefficient (Wildman–Crippen LogP) is 4.44. The van der Waals surface area contributed by atoms with Gasteiger partial charge in [-0.25, -0.2) is 0 Å². The second-order valence-electron chi connectivity index (χ2n) is 5.43. The molecule has 1 atom stereocenters. The molecule has 2 heterocycles. The fourth-order valence-electron chi connectivity index (χ4n) is 1.95. The Hall–Kier alpha value is -0.860. The minimum Gasteiger partial charge on any atom is -0.321 e. The van der Waals surface area contributed by atoms with Crippen LogP contribution in [0.4, 0.5) is 0 Å². The van der Waals surface area contributed by atoms with Crippen molar-refractivity contribution in [3.63, 3.8) is 0 Å². The van der Waals surface area contributed by atoms with Crippen LogP contribution in [0.15, 0.2) is 22.5 Å². The molecule has 0 radical (unpaired) electrons. The lowest BCUT2D eigenvalue weighted by atomic mass is 10.1. The first kappa shape index (κ1) is 17.0. The van der Waals surface area contributed by atoms with E-state index >= 15 is 0 Å². The predicted molar refractivity (Wildman–Crippen MR) is 96.4 cm³/mol. The molecule has 1 unspecified atom stereocenters. The SMILES string of the molecule is CC(C)C(N)c1nnc2sc(SCc3ccc(Cl)c(Cl)c3)nn12. The van der Waals surface area contributed by atoms with E-state index in [9.17, 15) is 0 Å². The number of halogens is 2. The van der Waals surface area contributed by atoms with Gasteiger partial charge in [0.25, 0.3) is 0 Å². The number of hydrogen-bond donors (Lipinski definition) is 1. The van der Waals surface area contributed by atoms with Crippen LogP contribution in [0.1, 0.15) is 31.3 Å². The van der Waals surface area contributed by atoms with Crippen LogP contribution >= 0.6 is 46.3 Å². The van der Waals surface area contributed by atoms with Crippen molar-refractivity contribution >= 4 is 51.3 Å². The van der Waals surface area contributed by atoms with E-state index in [-0.39, 0.29) is 12.0 Å². The van der Waals surface area contributed by atoms with Gasteiger partial charge in [0.2, 0.25) is 4.96 Å². The first-order valence-corrected chi connectivity index (χ1v) is 9.56. The molecule has 0 amide bonds. The highest BCUT2D eigenvalue weighted by Crippen LogP contribution is 2.31. The third-order valence-corrected chi connectivity index (χ3v) is 6.20. The van der Waals surface area contributed by atoms with Crippen molar-refractivity contribution in [2.45, 2.75) is 30.0 Å². The Morgan fingerprint density at radius 2 is 2.04 bits per heavy atom. The maximum absolute atomic E-state index is 6.16. The molecule has 122 valence electrons. The van der Waals surface area contributed by atoms with Crippen molar-refractivity contribution in [3.05, 3.63) is 39.6 Å². The van der Waals surface area contributed by atoms with Crippen molar-refractivity contribution < 1.29 is 0 Å². The number of nitrogens with zero attached hydrogens (tertiary/aromatic N) is 4. The summed E-state index contributed by atoms with van der Waals surface area (Å²) in [5.74, 6) is 1.73. The summed E-state index contributed by atoms with van der Waals surface area (Å²) < 4.78 is 2.66. The van der Waals surface area contributed by atoms with E-state index in [0.29, 0.717) is 15.9 Å². The van der Waals surface area contributed by atoms with Crippen molar-refractivity contribution in [1.82, 2.24) is 19.8 Å². The van der Waals surface area contributed by atoms with Crippen LogP contribution in [-0.4, -0.2) is 19.8 Å². The molecule has 0 spiro atoms. The van der Waals surface area contributed by atoms with Crippen LogP contribution in [0.5, 0.6) is 0 Å². The highest BCUT2D eigenvalue weighted by Gasteiger charge is 2.20. The first-order valence-electron chi connectivity index (χ1n) is 7.00. The molecule has 1 aromatic carbocycles. The van der Waals surface area contributed by atoms with E-state index in [2.05, 4.69) is 29.1 Å². The summed E-state index contributed by atoms with van der Waals surface area (Å²) in [6.45, 7) is 4.11. The average Bonchev–Trinajstić information content (AvgIpc) is 3.07. The number of aromatic nitrogens is 4. The second kappa shape index (κ2) is 6.94. The number of thioether (sulfide) groups is 1. The van der Waals surface area contributed by atoms with Gasteiger partial charge in [-0.3, -0.25) is 0 Å². The van der Waals surface area contributed by atoms with Crippen LogP contribution in [0, 0.1) is 5.92 Å². The number of fused-ring (bicyclic) bond motifs is 1. The van der Waals surface area contributed by atoms with Gasteiger partial charge in [-0.1, -0.05) is 66.2 Å². The van der Waals surface area contributed by atoms with Crippen LogP contribution in [-0.2, 0) is 5.75 Å². The zero-order valence-electron chi connectivity index (χ0n) is 12.5. The summed E-state index contributed by atoms with van der Waals surface area (Å²) in [5, 5.41) is 14.0. The molecule has 3 rings (SSSR count). The summed E-state index contributed by atoms with van der Waals surface area (Å²) in [7, 11) is 0. The lowest BCUT2D eigenvalue weighted by Gasteiger charge is -2.11. The van der Waals surface area contributed by atoms with E-state index in [1.54, 1.807) is 22.3 Å². The number of benzene rings is 1. The Bertz CT molecular complexity index is 830. The smallest absolute Gasteiger partial charge is 0.235 e. The minimum absolute atomic E-state index is 0.181. The van der Waals surface area contributed by atoms with Gasteiger partial charge in [-0.05, 0) is 23.6 Å². The monoisotopic (exact) mass is 387 g/mol. The molecule has 2 aromatic heterocycles. The molecule has 0 fully saturated rings. The zero-order valence-corrected chi connectivity index (χ0v) is 15.7. The molecule has 0 saturated heterocycles. The molecule has 9 heteroatoms. The summed E-state index contributed by atoms with van der Waals surface area (Å²) in [5.41, 5.74) is 7.25. The van der Waals surface area contributed by atoms with Crippen LogP contribution in [0.3, 0.4) is 0 Å². The number of nitrogens with two attached hydrogens (primary N) is 1. The highest BCUT2D eigenvalue weighted by atomic mass is 35.5. The van der Waals surface area contributed by atoms with Crippen LogP contribution in [0.2, 0.25) is 10.0 Å². The molecule has 2 N–H and O–H groups in total. The van der Waals surface area contributed by atoms with Gasteiger partial charge in [-0.2, -0.15) is 4.52 Å². The number of rotatable bonds is 5. The first-order chi connectivity index (χ1) is 11.0. The van der Waals surface area contributed by atoms with Crippen molar-refractivity contribution in [3.8, 4) is 0 Å². The molecule has 0 aliphatic heterocycles. The molecule has 3 aromatic rings. The largest absolute Gasteiger partial charge is 0.321 e. The van der Waals surface area contributed by atoms with Gasteiger partial charge < -0.3 is 5.73 Å². The number of hydrogen-bond acceptors (Lipinski definition) is 6. The van der Waals surface area contributed by atoms with Gasteiger partial charge in [0.05, 0.1) is 16.1 Å². The topological polar surface area (TPSA) is 69.1 Å². The lowest BCUT2D eigenvalue weighted by molar-refractivity contribution is 0.479. The average molecular weight is 388 g/mol. The van der Waals surface area contributed by atoms with Crippen LogP contribution in [0.25, 0.3) is 4.96 Å². The molecular weight excluding hydrogens is 373 g/mol. The van der Waals surface area contributed by atoms with Crippen molar-refractivity contribution in [1.29, 1.82) is 0 Å². The normalized spacial score (nSPS) is 13.1. The second-order valence-corrected chi connectivity index (χ2v) is 8.42. The van der Waals surface area contributed by atoms with Gasteiger partial charge >= 0.3 is 0 Å². The molecule has 0 bridgehead atoms.